The van der Waals surface area contributed by atoms with E-state index in [-0.39, 0.29) is 6.54 Å². The van der Waals surface area contributed by atoms with Crippen LogP contribution in [0.1, 0.15) is 5.56 Å². The largest absolute Gasteiger partial charge is 0.465 e. The van der Waals surface area contributed by atoms with E-state index < -0.39 is 11.9 Å². The SMILES string of the molecule is O=C(O)N(Cc1ccccc1F)c1ccccc1. The first-order valence-corrected chi connectivity index (χ1v) is 5.47. The van der Waals surface area contributed by atoms with Crippen LogP contribution in [-0.2, 0) is 6.54 Å². The lowest BCUT2D eigenvalue weighted by Crippen LogP contribution is -2.28. The molecule has 0 heterocycles. The summed E-state index contributed by atoms with van der Waals surface area (Å²) in [7, 11) is 0. The summed E-state index contributed by atoms with van der Waals surface area (Å²) in [6.07, 6.45) is -1.11. The molecule has 0 spiro atoms. The number of para-hydroxylation sites is 1. The third-order valence-corrected chi connectivity index (χ3v) is 2.59. The molecule has 1 amide bonds. The minimum Gasteiger partial charge on any atom is -0.465 e. The van der Waals surface area contributed by atoms with Crippen molar-refractivity contribution >= 4 is 11.8 Å². The van der Waals surface area contributed by atoms with Gasteiger partial charge < -0.3 is 5.11 Å². The molecule has 2 aromatic rings. The number of halogens is 1. The number of hydrogen-bond acceptors (Lipinski definition) is 1. The van der Waals surface area contributed by atoms with Gasteiger partial charge in [-0.15, -0.1) is 0 Å². The lowest BCUT2D eigenvalue weighted by atomic mass is 10.2. The van der Waals surface area contributed by atoms with E-state index in [1.165, 1.54) is 6.07 Å². The third kappa shape index (κ3) is 2.66. The molecule has 0 saturated heterocycles. The molecule has 0 saturated carbocycles. The van der Waals surface area contributed by atoms with Crippen molar-refractivity contribution in [2.24, 2.45) is 0 Å². The van der Waals surface area contributed by atoms with Crippen LogP contribution in [0.2, 0.25) is 0 Å². The molecular weight excluding hydrogens is 233 g/mol. The van der Waals surface area contributed by atoms with Gasteiger partial charge in [0.1, 0.15) is 5.82 Å². The number of benzene rings is 2. The van der Waals surface area contributed by atoms with Crippen LogP contribution in [-0.4, -0.2) is 11.2 Å². The molecule has 4 heteroatoms. The Hall–Kier alpha value is -2.36. The van der Waals surface area contributed by atoms with Crippen LogP contribution in [0, 0.1) is 5.82 Å². The van der Waals surface area contributed by atoms with Crippen molar-refractivity contribution in [1.82, 2.24) is 0 Å². The number of carboxylic acid groups (broad SMARTS) is 1. The zero-order valence-electron chi connectivity index (χ0n) is 9.58. The maximum atomic E-state index is 13.5. The lowest BCUT2D eigenvalue weighted by molar-refractivity contribution is 0.201. The van der Waals surface area contributed by atoms with Crippen LogP contribution >= 0.6 is 0 Å². The topological polar surface area (TPSA) is 40.5 Å². The van der Waals surface area contributed by atoms with Crippen molar-refractivity contribution in [1.29, 1.82) is 0 Å². The maximum Gasteiger partial charge on any atom is 0.412 e. The van der Waals surface area contributed by atoms with Gasteiger partial charge in [-0.1, -0.05) is 36.4 Å². The minimum absolute atomic E-state index is 0.00792. The molecule has 0 atom stereocenters. The second-order valence-electron chi connectivity index (χ2n) is 3.80. The van der Waals surface area contributed by atoms with Crippen molar-refractivity contribution in [2.45, 2.75) is 6.54 Å². The molecule has 1 N–H and O–H groups in total. The van der Waals surface area contributed by atoms with E-state index in [1.54, 1.807) is 48.5 Å². The van der Waals surface area contributed by atoms with E-state index in [0.717, 1.165) is 4.90 Å². The van der Waals surface area contributed by atoms with E-state index in [0.29, 0.717) is 11.3 Å². The number of nitrogens with zero attached hydrogens (tertiary/aromatic N) is 1. The van der Waals surface area contributed by atoms with Crippen molar-refractivity contribution in [3.8, 4) is 0 Å². The number of hydrogen-bond donors (Lipinski definition) is 1. The molecule has 0 fully saturated rings. The minimum atomic E-state index is -1.11. The van der Waals surface area contributed by atoms with Gasteiger partial charge in [-0.25, -0.2) is 9.18 Å². The summed E-state index contributed by atoms with van der Waals surface area (Å²) in [5.74, 6) is -0.403. The Balaban J connectivity index is 2.28. The Kier molecular flexibility index (Phi) is 3.57. The molecule has 0 aromatic heterocycles. The van der Waals surface area contributed by atoms with Crippen LogP contribution in [0.25, 0.3) is 0 Å². The fourth-order valence-corrected chi connectivity index (χ4v) is 1.67. The van der Waals surface area contributed by atoms with Crippen molar-refractivity contribution in [3.63, 3.8) is 0 Å². The van der Waals surface area contributed by atoms with Gasteiger partial charge in [0.05, 0.1) is 6.54 Å². The molecular formula is C14H12FNO2. The fraction of sp³-hybridized carbons (Fsp3) is 0.0714. The summed E-state index contributed by atoms with van der Waals surface area (Å²) in [5, 5.41) is 9.18. The molecule has 0 bridgehead atoms. The van der Waals surface area contributed by atoms with Crippen LogP contribution < -0.4 is 4.90 Å². The van der Waals surface area contributed by atoms with Crippen LogP contribution in [0.4, 0.5) is 14.9 Å². The van der Waals surface area contributed by atoms with Crippen LogP contribution in [0.3, 0.4) is 0 Å². The third-order valence-electron chi connectivity index (χ3n) is 2.59. The number of anilines is 1. The first-order valence-electron chi connectivity index (χ1n) is 5.47. The molecule has 0 aliphatic heterocycles. The van der Waals surface area contributed by atoms with E-state index in [1.807, 2.05) is 0 Å². The van der Waals surface area contributed by atoms with E-state index in [4.69, 9.17) is 0 Å². The normalized spacial score (nSPS) is 10.1. The highest BCUT2D eigenvalue weighted by molar-refractivity contribution is 5.85. The molecule has 92 valence electrons. The number of amides is 1. The van der Waals surface area contributed by atoms with Gasteiger partial charge in [0.25, 0.3) is 0 Å². The Bertz CT molecular complexity index is 543. The predicted octanol–water partition coefficient (Wildman–Crippen LogP) is 3.51. The zero-order chi connectivity index (χ0) is 13.0. The highest BCUT2D eigenvalue weighted by Gasteiger charge is 2.15. The molecule has 2 rings (SSSR count). The first-order chi connectivity index (χ1) is 8.68. The quantitative estimate of drug-likeness (QED) is 0.898. The highest BCUT2D eigenvalue weighted by atomic mass is 19.1. The van der Waals surface area contributed by atoms with Gasteiger partial charge in [0, 0.05) is 11.3 Å². The molecule has 3 nitrogen and oxygen atoms in total. The molecule has 2 aromatic carbocycles. The molecule has 18 heavy (non-hydrogen) atoms. The van der Waals surface area contributed by atoms with Gasteiger partial charge in [0.2, 0.25) is 0 Å². The molecule has 0 aliphatic rings. The van der Waals surface area contributed by atoms with Gasteiger partial charge >= 0.3 is 6.09 Å². The molecule has 0 radical (unpaired) electrons. The smallest absolute Gasteiger partial charge is 0.412 e. The maximum absolute atomic E-state index is 13.5. The van der Waals surface area contributed by atoms with Gasteiger partial charge in [-0.2, -0.15) is 0 Å². The summed E-state index contributed by atoms with van der Waals surface area (Å²) in [4.78, 5) is 12.3. The van der Waals surface area contributed by atoms with Crippen molar-refractivity contribution in [2.75, 3.05) is 4.90 Å². The first kappa shape index (κ1) is 12.1. The Morgan fingerprint density at radius 2 is 1.67 bits per heavy atom. The zero-order valence-corrected chi connectivity index (χ0v) is 9.58. The van der Waals surface area contributed by atoms with E-state index in [9.17, 15) is 14.3 Å². The van der Waals surface area contributed by atoms with E-state index in [2.05, 4.69) is 0 Å². The predicted molar refractivity (Wildman–Crippen MR) is 67.0 cm³/mol. The summed E-state index contributed by atoms with van der Waals surface area (Å²) in [5.41, 5.74) is 0.872. The average molecular weight is 245 g/mol. The summed E-state index contributed by atoms with van der Waals surface area (Å²) >= 11 is 0. The average Bonchev–Trinajstić information content (AvgIpc) is 2.38. The number of carbonyl (C=O) groups is 1. The summed E-state index contributed by atoms with van der Waals surface area (Å²) in [6, 6.07) is 14.8. The van der Waals surface area contributed by atoms with E-state index >= 15 is 0 Å². The lowest BCUT2D eigenvalue weighted by Gasteiger charge is -2.19. The molecule has 0 unspecified atom stereocenters. The fourth-order valence-electron chi connectivity index (χ4n) is 1.67. The molecule has 0 aliphatic carbocycles. The monoisotopic (exact) mass is 245 g/mol. The highest BCUT2D eigenvalue weighted by Crippen LogP contribution is 2.18. The Morgan fingerprint density at radius 1 is 1.06 bits per heavy atom. The summed E-state index contributed by atoms with van der Waals surface area (Å²) in [6.45, 7) is -0.00792. The van der Waals surface area contributed by atoms with Crippen LogP contribution in [0.5, 0.6) is 0 Å². The van der Waals surface area contributed by atoms with Crippen molar-refractivity contribution in [3.05, 3.63) is 66.0 Å². The van der Waals surface area contributed by atoms with Gasteiger partial charge in [-0.05, 0) is 18.2 Å². The second kappa shape index (κ2) is 5.31. The summed E-state index contributed by atoms with van der Waals surface area (Å²) < 4.78 is 13.5. The van der Waals surface area contributed by atoms with Crippen LogP contribution in [0.15, 0.2) is 54.6 Å². The van der Waals surface area contributed by atoms with Gasteiger partial charge in [-0.3, -0.25) is 4.90 Å². The van der Waals surface area contributed by atoms with Crippen molar-refractivity contribution < 1.29 is 14.3 Å². The standard InChI is InChI=1S/C14H12FNO2/c15-13-9-5-4-6-11(13)10-16(14(17)18)12-7-2-1-3-8-12/h1-9H,10H2,(H,17,18). The Morgan fingerprint density at radius 3 is 2.28 bits per heavy atom. The number of rotatable bonds is 3. The Labute approximate surface area is 104 Å². The second-order valence-corrected chi connectivity index (χ2v) is 3.80. The van der Waals surface area contributed by atoms with Gasteiger partial charge in [0.15, 0.2) is 0 Å².